The molecule has 3 atom stereocenters. The van der Waals surface area contributed by atoms with E-state index < -0.39 is 0 Å². The van der Waals surface area contributed by atoms with E-state index in [2.05, 4.69) is 42.5 Å². The Labute approximate surface area is 122 Å². The fourth-order valence-corrected chi connectivity index (χ4v) is 4.90. The van der Waals surface area contributed by atoms with Gasteiger partial charge in [0.15, 0.2) is 0 Å². The molecule has 0 aliphatic heterocycles. The lowest BCUT2D eigenvalue weighted by molar-refractivity contribution is 0.145. The summed E-state index contributed by atoms with van der Waals surface area (Å²) < 4.78 is 0. The van der Waals surface area contributed by atoms with E-state index in [9.17, 15) is 0 Å². The Bertz CT molecular complexity index is 591. The maximum Gasteiger partial charge on any atom is -0.0125 e. The van der Waals surface area contributed by atoms with Crippen LogP contribution in [-0.2, 0) is 0 Å². The topological polar surface area (TPSA) is 0 Å². The highest BCUT2D eigenvalue weighted by molar-refractivity contribution is 5.86. The summed E-state index contributed by atoms with van der Waals surface area (Å²) in [5.74, 6) is 2.80. The second-order valence-electron chi connectivity index (χ2n) is 6.81. The van der Waals surface area contributed by atoms with Gasteiger partial charge >= 0.3 is 0 Å². The molecule has 2 aromatic rings. The summed E-state index contributed by atoms with van der Waals surface area (Å²) in [6.07, 6.45) is 10.2. The first-order valence-corrected chi connectivity index (χ1v) is 8.41. The smallest absolute Gasteiger partial charge is 0.0125 e. The summed E-state index contributed by atoms with van der Waals surface area (Å²) in [7, 11) is 0. The minimum absolute atomic E-state index is 0.820. The molecule has 20 heavy (non-hydrogen) atoms. The number of rotatable bonds is 1. The van der Waals surface area contributed by atoms with Crippen molar-refractivity contribution in [1.82, 2.24) is 0 Å². The van der Waals surface area contributed by atoms with Gasteiger partial charge in [-0.2, -0.15) is 0 Å². The van der Waals surface area contributed by atoms with Gasteiger partial charge in [0.25, 0.3) is 0 Å². The molecule has 0 bridgehead atoms. The Morgan fingerprint density at radius 3 is 2.50 bits per heavy atom. The highest BCUT2D eigenvalue weighted by Crippen LogP contribution is 2.49. The first-order chi connectivity index (χ1) is 9.93. The summed E-state index contributed by atoms with van der Waals surface area (Å²) >= 11 is 0. The van der Waals surface area contributed by atoms with Crippen LogP contribution in [-0.4, -0.2) is 0 Å². The molecule has 0 aromatic heterocycles. The zero-order valence-corrected chi connectivity index (χ0v) is 12.2. The zero-order valence-electron chi connectivity index (χ0n) is 12.2. The predicted molar refractivity (Wildman–Crippen MR) is 86.0 cm³/mol. The van der Waals surface area contributed by atoms with E-state index >= 15 is 0 Å². The van der Waals surface area contributed by atoms with Crippen molar-refractivity contribution in [1.29, 1.82) is 0 Å². The van der Waals surface area contributed by atoms with Gasteiger partial charge in [0.2, 0.25) is 0 Å². The van der Waals surface area contributed by atoms with Gasteiger partial charge in [0.05, 0.1) is 0 Å². The maximum atomic E-state index is 2.41. The minimum Gasteiger partial charge on any atom is -0.0616 e. The standard InChI is InChI=1S/C20H24/c1-3-11-17-15(7-1)9-5-13-19(17)20-14-6-10-16-8-2-4-12-18(16)20/h1,3,5,7,9,11,13,16,18,20H,2,4,6,8,10,12,14H2. The van der Waals surface area contributed by atoms with Crippen LogP contribution in [0.25, 0.3) is 10.8 Å². The summed E-state index contributed by atoms with van der Waals surface area (Å²) in [5.41, 5.74) is 1.64. The van der Waals surface area contributed by atoms with Gasteiger partial charge in [-0.25, -0.2) is 0 Å². The zero-order chi connectivity index (χ0) is 13.4. The monoisotopic (exact) mass is 264 g/mol. The third-order valence-corrected chi connectivity index (χ3v) is 5.80. The van der Waals surface area contributed by atoms with E-state index in [1.807, 2.05) is 0 Å². The van der Waals surface area contributed by atoms with E-state index in [0.29, 0.717) is 0 Å². The SMILES string of the molecule is c1ccc2c(C3CCCC4CCCCC43)cccc2c1. The van der Waals surface area contributed by atoms with Crippen LogP contribution in [0.4, 0.5) is 0 Å². The van der Waals surface area contributed by atoms with Crippen LogP contribution in [0.2, 0.25) is 0 Å². The molecule has 0 saturated heterocycles. The Balaban J connectivity index is 1.77. The molecule has 0 heteroatoms. The molecular weight excluding hydrogens is 240 g/mol. The van der Waals surface area contributed by atoms with Crippen molar-refractivity contribution in [2.24, 2.45) is 11.8 Å². The number of hydrogen-bond acceptors (Lipinski definition) is 0. The van der Waals surface area contributed by atoms with Crippen LogP contribution in [0, 0.1) is 11.8 Å². The fourth-order valence-electron chi connectivity index (χ4n) is 4.90. The van der Waals surface area contributed by atoms with Crippen molar-refractivity contribution in [2.75, 3.05) is 0 Å². The molecule has 0 N–H and O–H groups in total. The molecule has 0 heterocycles. The lowest BCUT2D eigenvalue weighted by atomic mass is 9.63. The quantitative estimate of drug-likeness (QED) is 0.600. The predicted octanol–water partition coefficient (Wildman–Crippen LogP) is 5.91. The molecule has 2 saturated carbocycles. The van der Waals surface area contributed by atoms with Crippen molar-refractivity contribution < 1.29 is 0 Å². The lowest BCUT2D eigenvalue weighted by Gasteiger charge is -2.42. The van der Waals surface area contributed by atoms with Gasteiger partial charge in [-0.15, -0.1) is 0 Å². The van der Waals surface area contributed by atoms with E-state index in [-0.39, 0.29) is 0 Å². The van der Waals surface area contributed by atoms with Crippen molar-refractivity contribution >= 4 is 10.8 Å². The molecule has 104 valence electrons. The van der Waals surface area contributed by atoms with Crippen molar-refractivity contribution in [3.05, 3.63) is 48.0 Å². The lowest BCUT2D eigenvalue weighted by Crippen LogP contribution is -2.29. The normalized spacial score (nSPS) is 30.1. The largest absolute Gasteiger partial charge is 0.0616 e. The molecule has 2 aromatic carbocycles. The molecule has 2 fully saturated rings. The molecule has 0 spiro atoms. The van der Waals surface area contributed by atoms with E-state index in [4.69, 9.17) is 0 Å². The number of benzene rings is 2. The highest BCUT2D eigenvalue weighted by Gasteiger charge is 2.35. The average Bonchev–Trinajstić information content (AvgIpc) is 2.54. The maximum absolute atomic E-state index is 2.41. The number of fused-ring (bicyclic) bond motifs is 2. The third kappa shape index (κ3) is 2.06. The van der Waals surface area contributed by atoms with Gasteiger partial charge in [0.1, 0.15) is 0 Å². The summed E-state index contributed by atoms with van der Waals surface area (Å²) in [5, 5.41) is 2.93. The molecular formula is C20H24. The van der Waals surface area contributed by atoms with E-state index in [1.165, 1.54) is 55.7 Å². The molecule has 0 amide bonds. The van der Waals surface area contributed by atoms with Crippen molar-refractivity contribution in [3.8, 4) is 0 Å². The van der Waals surface area contributed by atoms with Crippen LogP contribution < -0.4 is 0 Å². The third-order valence-electron chi connectivity index (χ3n) is 5.80. The minimum atomic E-state index is 0.820. The Hall–Kier alpha value is -1.30. The van der Waals surface area contributed by atoms with Gasteiger partial charge in [-0.05, 0) is 46.9 Å². The Kier molecular flexibility index (Phi) is 3.26. The molecule has 0 nitrogen and oxygen atoms in total. The van der Waals surface area contributed by atoms with Gasteiger partial charge in [-0.3, -0.25) is 0 Å². The first-order valence-electron chi connectivity index (χ1n) is 8.41. The van der Waals surface area contributed by atoms with E-state index in [1.54, 1.807) is 5.56 Å². The Morgan fingerprint density at radius 1 is 0.700 bits per heavy atom. The first kappa shape index (κ1) is 12.4. The Morgan fingerprint density at radius 2 is 1.50 bits per heavy atom. The summed E-state index contributed by atoms with van der Waals surface area (Å²) in [4.78, 5) is 0. The van der Waals surface area contributed by atoms with Crippen LogP contribution in [0.3, 0.4) is 0 Å². The number of hydrogen-bond donors (Lipinski definition) is 0. The average molecular weight is 264 g/mol. The van der Waals surface area contributed by atoms with Gasteiger partial charge in [-0.1, -0.05) is 74.6 Å². The molecule has 2 aliphatic carbocycles. The summed E-state index contributed by atoms with van der Waals surface area (Å²) in [6.45, 7) is 0. The molecule has 2 aliphatic rings. The fraction of sp³-hybridized carbons (Fsp3) is 0.500. The van der Waals surface area contributed by atoms with Crippen molar-refractivity contribution in [2.45, 2.75) is 50.9 Å². The molecule has 4 rings (SSSR count). The second kappa shape index (κ2) is 5.24. The molecule has 3 unspecified atom stereocenters. The second-order valence-corrected chi connectivity index (χ2v) is 6.81. The van der Waals surface area contributed by atoms with Gasteiger partial charge in [0, 0.05) is 0 Å². The van der Waals surface area contributed by atoms with Crippen LogP contribution >= 0.6 is 0 Å². The van der Waals surface area contributed by atoms with Crippen LogP contribution in [0.1, 0.15) is 56.4 Å². The molecule has 0 radical (unpaired) electrons. The summed E-state index contributed by atoms with van der Waals surface area (Å²) in [6, 6.07) is 15.9. The van der Waals surface area contributed by atoms with Crippen LogP contribution in [0.5, 0.6) is 0 Å². The van der Waals surface area contributed by atoms with Crippen LogP contribution in [0.15, 0.2) is 42.5 Å². The van der Waals surface area contributed by atoms with Crippen molar-refractivity contribution in [3.63, 3.8) is 0 Å². The highest BCUT2D eigenvalue weighted by atomic mass is 14.4. The van der Waals surface area contributed by atoms with Gasteiger partial charge < -0.3 is 0 Å². The van der Waals surface area contributed by atoms with E-state index in [0.717, 1.165) is 17.8 Å².